The highest BCUT2D eigenvalue weighted by atomic mass is 16.5. The zero-order valence-corrected chi connectivity index (χ0v) is 9.53. The Hall–Kier alpha value is -2.10. The Bertz CT molecular complexity index is 491. The zero-order chi connectivity index (χ0) is 12.3. The molecule has 88 valence electrons. The van der Waals surface area contributed by atoms with E-state index in [4.69, 9.17) is 4.74 Å². The van der Waals surface area contributed by atoms with Crippen molar-refractivity contribution < 1.29 is 14.3 Å². The van der Waals surface area contributed by atoms with Crippen molar-refractivity contribution >= 4 is 23.6 Å². The number of hydrogen-bond donors (Lipinski definition) is 1. The summed E-state index contributed by atoms with van der Waals surface area (Å²) >= 11 is 0. The molecule has 0 saturated heterocycles. The minimum absolute atomic E-state index is 0.00604. The first-order valence-corrected chi connectivity index (χ1v) is 5.46. The van der Waals surface area contributed by atoms with Crippen LogP contribution in [0.25, 0.3) is 6.08 Å². The maximum atomic E-state index is 11.2. The van der Waals surface area contributed by atoms with Gasteiger partial charge in [-0.05, 0) is 36.3 Å². The minimum Gasteiger partial charge on any atom is -0.463 e. The van der Waals surface area contributed by atoms with Crippen LogP contribution < -0.4 is 5.32 Å². The number of nitrogens with one attached hydrogen (secondary N) is 1. The number of esters is 1. The van der Waals surface area contributed by atoms with Crippen molar-refractivity contribution in [2.75, 3.05) is 11.9 Å². The van der Waals surface area contributed by atoms with Crippen molar-refractivity contribution in [2.45, 2.75) is 13.3 Å². The Kier molecular flexibility index (Phi) is 3.23. The van der Waals surface area contributed by atoms with Gasteiger partial charge in [0.25, 0.3) is 0 Å². The van der Waals surface area contributed by atoms with Gasteiger partial charge in [0, 0.05) is 11.8 Å². The van der Waals surface area contributed by atoms with Gasteiger partial charge in [0.1, 0.15) is 0 Å². The van der Waals surface area contributed by atoms with E-state index in [0.29, 0.717) is 13.0 Å². The van der Waals surface area contributed by atoms with E-state index in [2.05, 4.69) is 5.32 Å². The smallest absolute Gasteiger partial charge is 0.330 e. The third-order valence-electron chi connectivity index (χ3n) is 2.45. The van der Waals surface area contributed by atoms with E-state index >= 15 is 0 Å². The van der Waals surface area contributed by atoms with Crippen LogP contribution in [0.4, 0.5) is 5.69 Å². The van der Waals surface area contributed by atoms with Gasteiger partial charge in [-0.15, -0.1) is 0 Å². The lowest BCUT2D eigenvalue weighted by atomic mass is 10.1. The molecule has 0 aliphatic carbocycles. The number of carbonyl (C=O) groups is 2. The Morgan fingerprint density at radius 3 is 3.12 bits per heavy atom. The summed E-state index contributed by atoms with van der Waals surface area (Å²) in [6.45, 7) is 2.13. The van der Waals surface area contributed by atoms with Crippen molar-refractivity contribution in [3.05, 3.63) is 35.4 Å². The molecule has 0 saturated carbocycles. The molecule has 0 radical (unpaired) electrons. The number of anilines is 1. The monoisotopic (exact) mass is 231 g/mol. The number of ether oxygens (including phenoxy) is 1. The maximum Gasteiger partial charge on any atom is 0.330 e. The summed E-state index contributed by atoms with van der Waals surface area (Å²) in [5, 5.41) is 2.76. The largest absolute Gasteiger partial charge is 0.463 e. The van der Waals surface area contributed by atoms with Crippen molar-refractivity contribution in [3.63, 3.8) is 0 Å². The van der Waals surface area contributed by atoms with Crippen LogP contribution in [0.2, 0.25) is 0 Å². The third kappa shape index (κ3) is 2.72. The SMILES string of the molecule is CCOC(=O)C=Cc1ccc2c(c1)CC(=O)N2. The average Bonchev–Trinajstić information content (AvgIpc) is 2.66. The second-order valence-electron chi connectivity index (χ2n) is 3.73. The first kappa shape index (κ1) is 11.4. The molecule has 1 heterocycles. The van der Waals surface area contributed by atoms with Crippen LogP contribution in [0.15, 0.2) is 24.3 Å². The molecule has 1 N–H and O–H groups in total. The van der Waals surface area contributed by atoms with Crippen LogP contribution in [0.1, 0.15) is 18.1 Å². The molecular formula is C13H13NO3. The fourth-order valence-corrected chi connectivity index (χ4v) is 1.71. The molecule has 2 rings (SSSR count). The molecule has 17 heavy (non-hydrogen) atoms. The average molecular weight is 231 g/mol. The standard InChI is InChI=1S/C13H13NO3/c1-2-17-13(16)6-4-9-3-5-11-10(7-9)8-12(15)14-11/h3-7H,2,8H2,1H3,(H,14,15). The van der Waals surface area contributed by atoms with E-state index in [0.717, 1.165) is 16.8 Å². The second-order valence-corrected chi connectivity index (χ2v) is 3.73. The lowest BCUT2D eigenvalue weighted by Crippen LogP contribution is -2.03. The van der Waals surface area contributed by atoms with E-state index in [9.17, 15) is 9.59 Å². The van der Waals surface area contributed by atoms with Gasteiger partial charge in [0.2, 0.25) is 5.91 Å². The van der Waals surface area contributed by atoms with Gasteiger partial charge >= 0.3 is 5.97 Å². The summed E-state index contributed by atoms with van der Waals surface area (Å²) in [4.78, 5) is 22.3. The molecule has 1 aliphatic heterocycles. The molecule has 1 aliphatic rings. The second kappa shape index (κ2) is 4.82. The highest BCUT2D eigenvalue weighted by Crippen LogP contribution is 2.24. The molecule has 1 aromatic rings. The molecule has 0 bridgehead atoms. The number of fused-ring (bicyclic) bond motifs is 1. The van der Waals surface area contributed by atoms with Gasteiger partial charge in [-0.25, -0.2) is 4.79 Å². The molecule has 0 fully saturated rings. The summed E-state index contributed by atoms with van der Waals surface area (Å²) in [6, 6.07) is 5.58. The predicted octanol–water partition coefficient (Wildman–Crippen LogP) is 1.76. The quantitative estimate of drug-likeness (QED) is 0.637. The van der Waals surface area contributed by atoms with Crippen LogP contribution in [0.3, 0.4) is 0 Å². The fraction of sp³-hybridized carbons (Fsp3) is 0.231. The summed E-state index contributed by atoms with van der Waals surface area (Å²) in [5.74, 6) is -0.353. The molecule has 1 aromatic carbocycles. The Morgan fingerprint density at radius 1 is 1.53 bits per heavy atom. The van der Waals surface area contributed by atoms with E-state index in [1.807, 2.05) is 18.2 Å². The molecule has 4 heteroatoms. The normalized spacial score (nSPS) is 13.6. The lowest BCUT2D eigenvalue weighted by Gasteiger charge is -1.99. The first-order valence-electron chi connectivity index (χ1n) is 5.46. The summed E-state index contributed by atoms with van der Waals surface area (Å²) in [6.07, 6.45) is 3.47. The van der Waals surface area contributed by atoms with E-state index in [1.165, 1.54) is 6.08 Å². The van der Waals surface area contributed by atoms with Gasteiger partial charge < -0.3 is 10.1 Å². The van der Waals surface area contributed by atoms with E-state index in [-0.39, 0.29) is 11.9 Å². The van der Waals surface area contributed by atoms with Crippen LogP contribution in [0.5, 0.6) is 0 Å². The number of benzene rings is 1. The molecule has 0 unspecified atom stereocenters. The van der Waals surface area contributed by atoms with Crippen molar-refractivity contribution in [3.8, 4) is 0 Å². The highest BCUT2D eigenvalue weighted by molar-refractivity contribution is 5.99. The number of rotatable bonds is 3. The molecular weight excluding hydrogens is 218 g/mol. The summed E-state index contributed by atoms with van der Waals surface area (Å²) < 4.78 is 4.78. The molecule has 4 nitrogen and oxygen atoms in total. The molecule has 0 atom stereocenters. The minimum atomic E-state index is -0.359. The van der Waals surface area contributed by atoms with Gasteiger partial charge in [-0.2, -0.15) is 0 Å². The van der Waals surface area contributed by atoms with Gasteiger partial charge in [-0.1, -0.05) is 6.07 Å². The fourth-order valence-electron chi connectivity index (χ4n) is 1.71. The van der Waals surface area contributed by atoms with Crippen molar-refractivity contribution in [1.29, 1.82) is 0 Å². The zero-order valence-electron chi connectivity index (χ0n) is 9.53. The lowest BCUT2D eigenvalue weighted by molar-refractivity contribution is -0.137. The van der Waals surface area contributed by atoms with E-state index < -0.39 is 0 Å². The van der Waals surface area contributed by atoms with Crippen LogP contribution in [-0.4, -0.2) is 18.5 Å². The Morgan fingerprint density at radius 2 is 2.35 bits per heavy atom. The third-order valence-corrected chi connectivity index (χ3v) is 2.45. The topological polar surface area (TPSA) is 55.4 Å². The molecule has 1 amide bonds. The predicted molar refractivity (Wildman–Crippen MR) is 64.4 cm³/mol. The van der Waals surface area contributed by atoms with Crippen molar-refractivity contribution in [1.82, 2.24) is 0 Å². The number of amides is 1. The van der Waals surface area contributed by atoms with Gasteiger partial charge in [-0.3, -0.25) is 4.79 Å². The number of carbonyl (C=O) groups excluding carboxylic acids is 2. The van der Waals surface area contributed by atoms with Crippen LogP contribution >= 0.6 is 0 Å². The summed E-state index contributed by atoms with van der Waals surface area (Å²) in [7, 11) is 0. The Balaban J connectivity index is 2.11. The van der Waals surface area contributed by atoms with Crippen LogP contribution in [0, 0.1) is 0 Å². The van der Waals surface area contributed by atoms with Gasteiger partial charge in [0.15, 0.2) is 0 Å². The van der Waals surface area contributed by atoms with Crippen LogP contribution in [-0.2, 0) is 20.7 Å². The van der Waals surface area contributed by atoms with E-state index in [1.54, 1.807) is 13.0 Å². The van der Waals surface area contributed by atoms with Crippen molar-refractivity contribution in [2.24, 2.45) is 0 Å². The number of hydrogen-bond acceptors (Lipinski definition) is 3. The first-order chi connectivity index (χ1) is 8.19. The molecule has 0 aromatic heterocycles. The molecule has 0 spiro atoms. The Labute approximate surface area is 99.3 Å². The summed E-state index contributed by atoms with van der Waals surface area (Å²) in [5.41, 5.74) is 2.69. The highest BCUT2D eigenvalue weighted by Gasteiger charge is 2.16. The van der Waals surface area contributed by atoms with Gasteiger partial charge in [0.05, 0.1) is 13.0 Å². The maximum absolute atomic E-state index is 11.2.